The van der Waals surface area contributed by atoms with E-state index < -0.39 is 6.09 Å². The fraction of sp³-hybridized carbons (Fsp3) is 0.105. The summed E-state index contributed by atoms with van der Waals surface area (Å²) in [5.74, 6) is 0.323. The van der Waals surface area contributed by atoms with E-state index in [1.807, 2.05) is 36.4 Å². The summed E-state index contributed by atoms with van der Waals surface area (Å²) in [6, 6.07) is 18.2. The Morgan fingerprint density at radius 2 is 1.71 bits per heavy atom. The Hall–Kier alpha value is -3.21. The molecule has 0 saturated carbocycles. The summed E-state index contributed by atoms with van der Waals surface area (Å²) in [5, 5.41) is 14.2. The molecule has 3 rings (SSSR count). The zero-order valence-corrected chi connectivity index (χ0v) is 13.2. The number of rotatable bonds is 4. The molecular weight excluding hydrogens is 306 g/mol. The maximum Gasteiger partial charge on any atom is 0.411 e. The van der Waals surface area contributed by atoms with E-state index in [2.05, 4.69) is 5.32 Å². The Labute approximate surface area is 139 Å². The number of amides is 1. The molecule has 5 nitrogen and oxygen atoms in total. The first kappa shape index (κ1) is 15.7. The molecule has 0 spiro atoms. The van der Waals surface area contributed by atoms with Crippen LogP contribution in [0.3, 0.4) is 0 Å². The summed E-state index contributed by atoms with van der Waals surface area (Å²) < 4.78 is 10.4. The van der Waals surface area contributed by atoms with Crippen LogP contribution in [0, 0.1) is 0 Å². The van der Waals surface area contributed by atoms with Crippen LogP contribution in [0.25, 0.3) is 10.8 Å². The summed E-state index contributed by atoms with van der Waals surface area (Å²) in [6.07, 6.45) is -0.572. The number of carbonyl (C=O) groups is 1. The van der Waals surface area contributed by atoms with Crippen molar-refractivity contribution in [2.24, 2.45) is 0 Å². The molecule has 0 heterocycles. The van der Waals surface area contributed by atoms with Gasteiger partial charge in [0.25, 0.3) is 0 Å². The molecule has 0 aliphatic heterocycles. The van der Waals surface area contributed by atoms with Crippen LogP contribution in [0.1, 0.15) is 5.56 Å². The molecule has 0 unspecified atom stereocenters. The molecule has 0 atom stereocenters. The van der Waals surface area contributed by atoms with Gasteiger partial charge in [-0.1, -0.05) is 54.6 Å². The van der Waals surface area contributed by atoms with Crippen LogP contribution in [0.15, 0.2) is 60.7 Å². The quantitative estimate of drug-likeness (QED) is 0.702. The lowest BCUT2D eigenvalue weighted by Gasteiger charge is -2.13. The molecule has 122 valence electrons. The molecule has 0 aliphatic carbocycles. The highest BCUT2D eigenvalue weighted by Gasteiger charge is 2.14. The van der Waals surface area contributed by atoms with Gasteiger partial charge in [-0.2, -0.15) is 0 Å². The van der Waals surface area contributed by atoms with Crippen molar-refractivity contribution in [2.45, 2.75) is 6.61 Å². The highest BCUT2D eigenvalue weighted by molar-refractivity contribution is 6.04. The van der Waals surface area contributed by atoms with Gasteiger partial charge in [-0.3, -0.25) is 5.32 Å². The largest absolute Gasteiger partial charge is 0.504 e. The fourth-order valence-electron chi connectivity index (χ4n) is 2.46. The predicted molar refractivity (Wildman–Crippen MR) is 92.4 cm³/mol. The van der Waals surface area contributed by atoms with E-state index in [1.54, 1.807) is 24.3 Å². The third-order valence-corrected chi connectivity index (χ3v) is 3.65. The predicted octanol–water partition coefficient (Wildman–Crippen LogP) is 4.30. The fourth-order valence-corrected chi connectivity index (χ4v) is 2.46. The van der Waals surface area contributed by atoms with Crippen LogP contribution in [0.5, 0.6) is 11.5 Å². The third-order valence-electron chi connectivity index (χ3n) is 3.65. The smallest absolute Gasteiger partial charge is 0.411 e. The maximum atomic E-state index is 12.1. The van der Waals surface area contributed by atoms with Crippen LogP contribution >= 0.6 is 0 Å². The van der Waals surface area contributed by atoms with Crippen molar-refractivity contribution in [3.05, 3.63) is 66.2 Å². The first-order valence-electron chi connectivity index (χ1n) is 7.45. The molecule has 2 N–H and O–H groups in total. The second kappa shape index (κ2) is 6.91. The van der Waals surface area contributed by atoms with Crippen molar-refractivity contribution in [3.63, 3.8) is 0 Å². The Balaban J connectivity index is 1.81. The first-order chi connectivity index (χ1) is 11.7. The van der Waals surface area contributed by atoms with Gasteiger partial charge < -0.3 is 14.6 Å². The number of phenols is 1. The van der Waals surface area contributed by atoms with E-state index in [4.69, 9.17) is 9.47 Å². The first-order valence-corrected chi connectivity index (χ1v) is 7.45. The van der Waals surface area contributed by atoms with Gasteiger partial charge >= 0.3 is 6.09 Å². The van der Waals surface area contributed by atoms with Gasteiger partial charge in [-0.25, -0.2) is 4.79 Å². The van der Waals surface area contributed by atoms with Crippen LogP contribution in [0.2, 0.25) is 0 Å². The second-order valence-electron chi connectivity index (χ2n) is 5.21. The molecule has 24 heavy (non-hydrogen) atoms. The molecule has 0 saturated heterocycles. The molecule has 0 aliphatic rings. The van der Waals surface area contributed by atoms with Crippen molar-refractivity contribution in [2.75, 3.05) is 12.4 Å². The lowest BCUT2D eigenvalue weighted by Crippen LogP contribution is -2.13. The number of hydrogen-bond donors (Lipinski definition) is 2. The summed E-state index contributed by atoms with van der Waals surface area (Å²) in [6.45, 7) is 0.180. The van der Waals surface area contributed by atoms with Gasteiger partial charge in [0.05, 0.1) is 12.8 Å². The van der Waals surface area contributed by atoms with Gasteiger partial charge in [0.15, 0.2) is 11.5 Å². The summed E-state index contributed by atoms with van der Waals surface area (Å²) in [7, 11) is 1.46. The number of aromatic hydroxyl groups is 1. The summed E-state index contributed by atoms with van der Waals surface area (Å²) in [5.41, 5.74) is 1.42. The van der Waals surface area contributed by atoms with Crippen molar-refractivity contribution in [1.82, 2.24) is 0 Å². The van der Waals surface area contributed by atoms with Gasteiger partial charge in [0.2, 0.25) is 0 Å². The SMILES string of the molecule is COc1cc(NC(=O)OCc2ccccc2)c2ccccc2c1O. The minimum atomic E-state index is -0.572. The number of fused-ring (bicyclic) bond motifs is 1. The van der Waals surface area contributed by atoms with Crippen LogP contribution in [0.4, 0.5) is 10.5 Å². The summed E-state index contributed by atoms with van der Waals surface area (Å²) in [4.78, 5) is 12.1. The van der Waals surface area contributed by atoms with E-state index >= 15 is 0 Å². The minimum absolute atomic E-state index is 0.0382. The third kappa shape index (κ3) is 3.25. The lowest BCUT2D eigenvalue weighted by molar-refractivity contribution is 0.155. The lowest BCUT2D eigenvalue weighted by atomic mass is 10.1. The topological polar surface area (TPSA) is 67.8 Å². The molecule has 1 amide bonds. The second-order valence-corrected chi connectivity index (χ2v) is 5.21. The van der Waals surface area contributed by atoms with Crippen molar-refractivity contribution in [3.8, 4) is 11.5 Å². The van der Waals surface area contributed by atoms with E-state index in [9.17, 15) is 9.90 Å². The molecule has 3 aromatic rings. The monoisotopic (exact) mass is 323 g/mol. The number of carbonyl (C=O) groups excluding carboxylic acids is 1. The number of anilines is 1. The number of benzene rings is 3. The Kier molecular flexibility index (Phi) is 4.52. The Bertz CT molecular complexity index is 862. The zero-order chi connectivity index (χ0) is 16.9. The van der Waals surface area contributed by atoms with E-state index in [1.165, 1.54) is 7.11 Å². The normalized spacial score (nSPS) is 10.4. The molecule has 3 aromatic carbocycles. The van der Waals surface area contributed by atoms with Gasteiger partial charge in [0, 0.05) is 16.8 Å². The van der Waals surface area contributed by atoms with Crippen LogP contribution < -0.4 is 10.1 Å². The average Bonchev–Trinajstić information content (AvgIpc) is 2.63. The van der Waals surface area contributed by atoms with Crippen molar-refractivity contribution in [1.29, 1.82) is 0 Å². The van der Waals surface area contributed by atoms with Gasteiger partial charge in [-0.05, 0) is 5.56 Å². The molecule has 0 fully saturated rings. The highest BCUT2D eigenvalue weighted by Crippen LogP contribution is 2.39. The average molecular weight is 323 g/mol. The summed E-state index contributed by atoms with van der Waals surface area (Å²) >= 11 is 0. The van der Waals surface area contributed by atoms with Crippen molar-refractivity contribution >= 4 is 22.6 Å². The number of nitrogens with one attached hydrogen (secondary N) is 1. The van der Waals surface area contributed by atoms with Crippen molar-refractivity contribution < 1.29 is 19.4 Å². The molecule has 5 heteroatoms. The van der Waals surface area contributed by atoms with Gasteiger partial charge in [-0.15, -0.1) is 0 Å². The molecular formula is C19H17NO4. The maximum absolute atomic E-state index is 12.1. The Morgan fingerprint density at radius 1 is 1.04 bits per heavy atom. The van der Waals surface area contributed by atoms with E-state index in [0.717, 1.165) is 5.56 Å². The minimum Gasteiger partial charge on any atom is -0.504 e. The number of methoxy groups -OCH3 is 1. The van der Waals surface area contributed by atoms with Gasteiger partial charge in [0.1, 0.15) is 6.61 Å². The molecule has 0 aromatic heterocycles. The van der Waals surface area contributed by atoms with Crippen LogP contribution in [-0.4, -0.2) is 18.3 Å². The standard InChI is InChI=1S/C19H17NO4/c1-23-17-11-16(14-9-5-6-10-15(14)18(17)21)20-19(22)24-12-13-7-3-2-4-8-13/h2-11,21H,12H2,1H3,(H,20,22). The number of ether oxygens (including phenoxy) is 2. The van der Waals surface area contributed by atoms with E-state index in [-0.39, 0.29) is 18.1 Å². The number of phenolic OH excluding ortho intramolecular Hbond substituents is 1. The van der Waals surface area contributed by atoms with E-state index in [0.29, 0.717) is 16.5 Å². The highest BCUT2D eigenvalue weighted by atomic mass is 16.5. The van der Waals surface area contributed by atoms with Crippen LogP contribution in [-0.2, 0) is 11.3 Å². The molecule has 0 bridgehead atoms. The number of hydrogen-bond acceptors (Lipinski definition) is 4. The zero-order valence-electron chi connectivity index (χ0n) is 13.2. The Morgan fingerprint density at radius 3 is 2.42 bits per heavy atom. The molecule has 0 radical (unpaired) electrons.